The fraction of sp³-hybridized carbons (Fsp3) is 0.200. The van der Waals surface area contributed by atoms with Crippen LogP contribution in [0.15, 0.2) is 18.2 Å². The summed E-state index contributed by atoms with van der Waals surface area (Å²) in [6.45, 7) is 0.944. The summed E-state index contributed by atoms with van der Waals surface area (Å²) in [5, 5.41) is 14.2. The number of anilines is 2. The molecule has 16 heavy (non-hydrogen) atoms. The second kappa shape index (κ2) is 5.46. The molecule has 1 aromatic rings. The molecule has 1 aromatic carbocycles. The maximum Gasteiger partial charge on any atom is 0.312 e. The Morgan fingerprint density at radius 2 is 2.19 bits per heavy atom. The minimum absolute atomic E-state index is 0.418. The normalized spacial score (nSPS) is 9.19. The van der Waals surface area contributed by atoms with Crippen LogP contribution >= 0.6 is 0 Å². The van der Waals surface area contributed by atoms with Gasteiger partial charge in [0.1, 0.15) is 6.07 Å². The Morgan fingerprint density at radius 3 is 2.81 bits per heavy atom. The third-order valence-electron chi connectivity index (χ3n) is 1.93. The minimum Gasteiger partial charge on any atom is -0.398 e. The standard InChI is InChI=1S/C10H13N5O/c11-6-7-5-8(1-2-9(7)12)14-3-4-15-10(13)16/h1-2,5,14H,3-4,12H2,(H3,13,15,16). The Balaban J connectivity index is 2.49. The van der Waals surface area contributed by atoms with E-state index in [0.717, 1.165) is 5.69 Å². The van der Waals surface area contributed by atoms with Gasteiger partial charge in [-0.2, -0.15) is 5.26 Å². The molecule has 0 aliphatic carbocycles. The Morgan fingerprint density at radius 1 is 1.44 bits per heavy atom. The molecule has 0 radical (unpaired) electrons. The summed E-state index contributed by atoms with van der Waals surface area (Å²) < 4.78 is 0. The largest absolute Gasteiger partial charge is 0.398 e. The molecule has 0 unspecified atom stereocenters. The van der Waals surface area contributed by atoms with Crippen molar-refractivity contribution >= 4 is 17.4 Å². The van der Waals surface area contributed by atoms with Crippen molar-refractivity contribution in [3.63, 3.8) is 0 Å². The van der Waals surface area contributed by atoms with Gasteiger partial charge in [-0.1, -0.05) is 0 Å². The average molecular weight is 219 g/mol. The summed E-state index contributed by atoms with van der Waals surface area (Å²) in [5.41, 5.74) is 12.1. The van der Waals surface area contributed by atoms with Gasteiger partial charge in [0, 0.05) is 24.5 Å². The van der Waals surface area contributed by atoms with Crippen molar-refractivity contribution in [2.45, 2.75) is 0 Å². The lowest BCUT2D eigenvalue weighted by molar-refractivity contribution is 0.249. The fourth-order valence-corrected chi connectivity index (χ4v) is 1.16. The monoisotopic (exact) mass is 219 g/mol. The van der Waals surface area contributed by atoms with Crippen LogP contribution in [0.25, 0.3) is 0 Å². The van der Waals surface area contributed by atoms with Gasteiger partial charge in [0.05, 0.1) is 5.56 Å². The predicted molar refractivity (Wildman–Crippen MR) is 61.6 cm³/mol. The molecular formula is C10H13N5O. The highest BCUT2D eigenvalue weighted by Gasteiger charge is 1.99. The number of rotatable bonds is 4. The number of carbonyl (C=O) groups is 1. The smallest absolute Gasteiger partial charge is 0.312 e. The van der Waals surface area contributed by atoms with Gasteiger partial charge in [-0.25, -0.2) is 4.79 Å². The summed E-state index contributed by atoms with van der Waals surface area (Å²) in [7, 11) is 0. The molecule has 0 aliphatic rings. The first-order valence-electron chi connectivity index (χ1n) is 4.70. The number of nitrogens with zero attached hydrogens (tertiary/aromatic N) is 1. The summed E-state index contributed by atoms with van der Waals surface area (Å²) in [6.07, 6.45) is 0. The number of urea groups is 1. The van der Waals surface area contributed by atoms with E-state index in [4.69, 9.17) is 16.7 Å². The molecule has 0 spiro atoms. The topological polar surface area (TPSA) is 117 Å². The van der Waals surface area contributed by atoms with Crippen LogP contribution in [-0.4, -0.2) is 19.1 Å². The summed E-state index contributed by atoms with van der Waals surface area (Å²) in [4.78, 5) is 10.4. The molecule has 0 saturated heterocycles. The molecule has 6 N–H and O–H groups in total. The quantitative estimate of drug-likeness (QED) is 0.428. The van der Waals surface area contributed by atoms with E-state index in [2.05, 4.69) is 10.6 Å². The zero-order valence-corrected chi connectivity index (χ0v) is 8.66. The molecule has 0 atom stereocenters. The average Bonchev–Trinajstić information content (AvgIpc) is 2.26. The van der Waals surface area contributed by atoms with Crippen LogP contribution in [0.2, 0.25) is 0 Å². The third kappa shape index (κ3) is 3.38. The summed E-state index contributed by atoms with van der Waals surface area (Å²) in [5.74, 6) is 0. The maximum absolute atomic E-state index is 10.4. The highest BCUT2D eigenvalue weighted by molar-refractivity contribution is 5.71. The van der Waals surface area contributed by atoms with E-state index < -0.39 is 6.03 Å². The van der Waals surface area contributed by atoms with E-state index >= 15 is 0 Å². The number of amides is 2. The van der Waals surface area contributed by atoms with Crippen molar-refractivity contribution < 1.29 is 4.79 Å². The van der Waals surface area contributed by atoms with E-state index in [9.17, 15) is 4.79 Å². The Bertz CT molecular complexity index is 424. The highest BCUT2D eigenvalue weighted by atomic mass is 16.2. The number of nitrogens with two attached hydrogens (primary N) is 2. The molecule has 6 heteroatoms. The zero-order chi connectivity index (χ0) is 12.0. The molecule has 0 fully saturated rings. The van der Waals surface area contributed by atoms with Gasteiger partial charge in [-0.15, -0.1) is 0 Å². The lowest BCUT2D eigenvalue weighted by Crippen LogP contribution is -2.33. The number of hydrogen-bond donors (Lipinski definition) is 4. The molecule has 84 valence electrons. The first kappa shape index (κ1) is 11.7. The number of primary amides is 1. The van der Waals surface area contributed by atoms with Gasteiger partial charge in [0.15, 0.2) is 0 Å². The van der Waals surface area contributed by atoms with E-state index in [1.165, 1.54) is 0 Å². The van der Waals surface area contributed by atoms with Crippen molar-refractivity contribution in [2.24, 2.45) is 5.73 Å². The molecule has 0 aliphatic heterocycles. The van der Waals surface area contributed by atoms with E-state index in [1.54, 1.807) is 18.2 Å². The van der Waals surface area contributed by atoms with Gasteiger partial charge in [-0.05, 0) is 18.2 Å². The number of nitriles is 1. The SMILES string of the molecule is N#Cc1cc(NCCNC(N)=O)ccc1N. The number of benzene rings is 1. The molecule has 0 heterocycles. The Kier molecular flexibility index (Phi) is 3.98. The second-order valence-corrected chi connectivity index (χ2v) is 3.13. The van der Waals surface area contributed by atoms with Crippen molar-refractivity contribution in [1.82, 2.24) is 5.32 Å². The molecular weight excluding hydrogens is 206 g/mol. The second-order valence-electron chi connectivity index (χ2n) is 3.13. The van der Waals surface area contributed by atoms with Gasteiger partial charge in [-0.3, -0.25) is 0 Å². The number of hydrogen-bond acceptors (Lipinski definition) is 4. The van der Waals surface area contributed by atoms with Crippen molar-refractivity contribution in [3.8, 4) is 6.07 Å². The Labute approximate surface area is 93.2 Å². The van der Waals surface area contributed by atoms with Crippen LogP contribution in [0.3, 0.4) is 0 Å². The van der Waals surface area contributed by atoms with Crippen LogP contribution in [0.4, 0.5) is 16.2 Å². The minimum atomic E-state index is -0.558. The number of nitrogens with one attached hydrogen (secondary N) is 2. The van der Waals surface area contributed by atoms with E-state index in [-0.39, 0.29) is 0 Å². The molecule has 0 bridgehead atoms. The predicted octanol–water partition coefficient (Wildman–Crippen LogP) is 0.221. The van der Waals surface area contributed by atoms with Gasteiger partial charge in [0.25, 0.3) is 0 Å². The third-order valence-corrected chi connectivity index (χ3v) is 1.93. The van der Waals surface area contributed by atoms with E-state index in [1.807, 2.05) is 6.07 Å². The molecule has 0 saturated carbocycles. The lowest BCUT2D eigenvalue weighted by Gasteiger charge is -2.07. The van der Waals surface area contributed by atoms with E-state index in [0.29, 0.717) is 24.3 Å². The van der Waals surface area contributed by atoms with Crippen LogP contribution < -0.4 is 22.1 Å². The summed E-state index contributed by atoms with van der Waals surface area (Å²) in [6, 6.07) is 6.50. The zero-order valence-electron chi connectivity index (χ0n) is 8.66. The first-order valence-corrected chi connectivity index (χ1v) is 4.70. The van der Waals surface area contributed by atoms with Crippen LogP contribution in [-0.2, 0) is 0 Å². The van der Waals surface area contributed by atoms with Gasteiger partial charge in [0.2, 0.25) is 0 Å². The Hall–Kier alpha value is -2.42. The number of carbonyl (C=O) groups excluding carboxylic acids is 1. The molecule has 6 nitrogen and oxygen atoms in total. The van der Waals surface area contributed by atoms with Crippen molar-refractivity contribution in [1.29, 1.82) is 5.26 Å². The lowest BCUT2D eigenvalue weighted by atomic mass is 10.2. The molecule has 2 amide bonds. The van der Waals surface area contributed by atoms with Crippen LogP contribution in [0.5, 0.6) is 0 Å². The fourth-order valence-electron chi connectivity index (χ4n) is 1.16. The molecule has 1 rings (SSSR count). The number of nitrogen functional groups attached to an aromatic ring is 1. The van der Waals surface area contributed by atoms with Crippen LogP contribution in [0, 0.1) is 11.3 Å². The van der Waals surface area contributed by atoms with Crippen LogP contribution in [0.1, 0.15) is 5.56 Å². The van der Waals surface area contributed by atoms with Gasteiger partial charge < -0.3 is 22.1 Å². The maximum atomic E-state index is 10.4. The first-order chi connectivity index (χ1) is 7.63. The van der Waals surface area contributed by atoms with Crippen molar-refractivity contribution in [3.05, 3.63) is 23.8 Å². The summed E-state index contributed by atoms with van der Waals surface area (Å²) >= 11 is 0. The van der Waals surface area contributed by atoms with Crippen molar-refractivity contribution in [2.75, 3.05) is 24.1 Å². The molecule has 0 aromatic heterocycles. The highest BCUT2D eigenvalue weighted by Crippen LogP contribution is 2.16. The van der Waals surface area contributed by atoms with Gasteiger partial charge >= 0.3 is 6.03 Å².